The maximum atomic E-state index is 13.0. The van der Waals surface area contributed by atoms with Crippen molar-refractivity contribution in [2.75, 3.05) is 6.54 Å². The van der Waals surface area contributed by atoms with Gasteiger partial charge in [0.1, 0.15) is 5.82 Å². The summed E-state index contributed by atoms with van der Waals surface area (Å²) in [4.78, 5) is 22.5. The van der Waals surface area contributed by atoms with Crippen LogP contribution in [0.5, 0.6) is 0 Å². The predicted octanol–water partition coefficient (Wildman–Crippen LogP) is 3.59. The van der Waals surface area contributed by atoms with Gasteiger partial charge in [-0.25, -0.2) is 4.39 Å². The quantitative estimate of drug-likeness (QED) is 0.623. The summed E-state index contributed by atoms with van der Waals surface area (Å²) in [6, 6.07) is 12.2. The van der Waals surface area contributed by atoms with Crippen molar-refractivity contribution in [1.29, 1.82) is 0 Å². The van der Waals surface area contributed by atoms with Crippen LogP contribution in [0.3, 0.4) is 0 Å². The van der Waals surface area contributed by atoms with Gasteiger partial charge in [-0.05, 0) is 36.1 Å². The highest BCUT2D eigenvalue weighted by Crippen LogP contribution is 2.20. The van der Waals surface area contributed by atoms with Crippen LogP contribution < -0.4 is 5.32 Å². The summed E-state index contributed by atoms with van der Waals surface area (Å²) in [6.07, 6.45) is 1.21. The third-order valence-electron chi connectivity index (χ3n) is 3.86. The fourth-order valence-electron chi connectivity index (χ4n) is 2.51. The fourth-order valence-corrected chi connectivity index (χ4v) is 2.51. The normalized spacial score (nSPS) is 11.8. The van der Waals surface area contributed by atoms with Gasteiger partial charge in [0.15, 0.2) is 0 Å². The predicted molar refractivity (Wildman–Crippen MR) is 89.2 cm³/mol. The van der Waals surface area contributed by atoms with Gasteiger partial charge in [-0.2, -0.15) is 0 Å². The molecular weight excluding hydrogens is 311 g/mol. The van der Waals surface area contributed by atoms with E-state index in [1.165, 1.54) is 24.3 Å². The van der Waals surface area contributed by atoms with Crippen LogP contribution in [0, 0.1) is 15.9 Å². The summed E-state index contributed by atoms with van der Waals surface area (Å²) < 4.78 is 13.0. The lowest BCUT2D eigenvalue weighted by atomic mass is 9.95. The molecule has 0 fully saturated rings. The minimum absolute atomic E-state index is 0.0464. The van der Waals surface area contributed by atoms with E-state index in [-0.39, 0.29) is 23.3 Å². The van der Waals surface area contributed by atoms with Gasteiger partial charge in [-0.1, -0.05) is 31.2 Å². The number of nitrogens with zero attached hydrogens (tertiary/aromatic N) is 1. The maximum Gasteiger partial charge on any atom is 0.269 e. The van der Waals surface area contributed by atoms with E-state index >= 15 is 0 Å². The molecule has 0 heterocycles. The first kappa shape index (κ1) is 17.6. The van der Waals surface area contributed by atoms with Crippen LogP contribution in [0.4, 0.5) is 10.1 Å². The first-order valence-corrected chi connectivity index (χ1v) is 7.77. The van der Waals surface area contributed by atoms with Crippen molar-refractivity contribution in [2.24, 2.45) is 0 Å². The number of non-ortho nitro benzene ring substituents is 1. The largest absolute Gasteiger partial charge is 0.355 e. The second-order valence-electron chi connectivity index (χ2n) is 5.48. The van der Waals surface area contributed by atoms with Gasteiger partial charge < -0.3 is 5.32 Å². The number of nitrogens with one attached hydrogen (secondary N) is 1. The highest BCUT2D eigenvalue weighted by molar-refractivity contribution is 5.83. The summed E-state index contributed by atoms with van der Waals surface area (Å²) in [5, 5.41) is 13.5. The average Bonchev–Trinajstić information content (AvgIpc) is 2.57. The third-order valence-corrected chi connectivity index (χ3v) is 3.86. The molecule has 2 aromatic carbocycles. The van der Waals surface area contributed by atoms with E-state index in [0.717, 1.165) is 11.1 Å². The van der Waals surface area contributed by atoms with Crippen LogP contribution in [0.1, 0.15) is 30.4 Å². The zero-order valence-electron chi connectivity index (χ0n) is 13.4. The van der Waals surface area contributed by atoms with Crippen LogP contribution in [0.15, 0.2) is 48.5 Å². The van der Waals surface area contributed by atoms with E-state index in [9.17, 15) is 19.3 Å². The third kappa shape index (κ3) is 4.62. The van der Waals surface area contributed by atoms with E-state index in [1.807, 2.05) is 6.92 Å². The molecule has 0 aromatic heterocycles. The Morgan fingerprint density at radius 3 is 2.33 bits per heavy atom. The van der Waals surface area contributed by atoms with E-state index in [1.54, 1.807) is 24.3 Å². The Morgan fingerprint density at radius 2 is 1.79 bits per heavy atom. The number of carbonyl (C=O) groups is 1. The Balaban J connectivity index is 1.89. The number of amides is 1. The number of benzene rings is 2. The molecule has 0 spiro atoms. The van der Waals surface area contributed by atoms with Crippen LogP contribution >= 0.6 is 0 Å². The van der Waals surface area contributed by atoms with E-state index in [0.29, 0.717) is 19.4 Å². The van der Waals surface area contributed by atoms with Gasteiger partial charge in [0.2, 0.25) is 5.91 Å². The summed E-state index contributed by atoms with van der Waals surface area (Å²) in [5.74, 6) is -0.749. The molecule has 0 aliphatic heterocycles. The molecular formula is C18H19FN2O3. The summed E-state index contributed by atoms with van der Waals surface area (Å²) in [7, 11) is 0. The molecule has 0 saturated carbocycles. The molecule has 0 bridgehead atoms. The molecule has 0 radical (unpaired) electrons. The van der Waals surface area contributed by atoms with Gasteiger partial charge in [0, 0.05) is 18.7 Å². The number of rotatable bonds is 7. The van der Waals surface area contributed by atoms with Gasteiger partial charge in [0.05, 0.1) is 10.8 Å². The maximum absolute atomic E-state index is 13.0. The zero-order valence-corrected chi connectivity index (χ0v) is 13.4. The molecule has 2 aromatic rings. The minimum atomic E-state index is -0.444. The molecule has 24 heavy (non-hydrogen) atoms. The molecule has 1 unspecified atom stereocenters. The summed E-state index contributed by atoms with van der Waals surface area (Å²) >= 11 is 0. The molecule has 5 nitrogen and oxygen atoms in total. The lowest BCUT2D eigenvalue weighted by molar-refractivity contribution is -0.384. The van der Waals surface area contributed by atoms with Crippen LogP contribution in [0.25, 0.3) is 0 Å². The molecule has 126 valence electrons. The summed E-state index contributed by atoms with van der Waals surface area (Å²) in [5.41, 5.74) is 1.74. The molecule has 1 atom stereocenters. The molecule has 0 aliphatic rings. The van der Waals surface area contributed by atoms with Crippen molar-refractivity contribution in [3.8, 4) is 0 Å². The second-order valence-corrected chi connectivity index (χ2v) is 5.48. The number of halogens is 1. The van der Waals surface area contributed by atoms with Gasteiger partial charge in [0.25, 0.3) is 5.69 Å². The van der Waals surface area contributed by atoms with E-state index in [4.69, 9.17) is 0 Å². The number of carbonyl (C=O) groups excluding carboxylic acids is 1. The number of hydrogen-bond acceptors (Lipinski definition) is 3. The van der Waals surface area contributed by atoms with Crippen molar-refractivity contribution >= 4 is 11.6 Å². The topological polar surface area (TPSA) is 72.2 Å². The van der Waals surface area contributed by atoms with E-state index in [2.05, 4.69) is 5.32 Å². The first-order chi connectivity index (χ1) is 11.5. The van der Waals surface area contributed by atoms with Crippen molar-refractivity contribution < 1.29 is 14.1 Å². The monoisotopic (exact) mass is 330 g/mol. The Kier molecular flexibility index (Phi) is 6.01. The fraction of sp³-hybridized carbons (Fsp3) is 0.278. The van der Waals surface area contributed by atoms with Gasteiger partial charge >= 0.3 is 0 Å². The smallest absolute Gasteiger partial charge is 0.269 e. The minimum Gasteiger partial charge on any atom is -0.355 e. The highest BCUT2D eigenvalue weighted by Gasteiger charge is 2.18. The molecule has 1 amide bonds. The van der Waals surface area contributed by atoms with Crippen molar-refractivity contribution in [2.45, 2.75) is 25.7 Å². The highest BCUT2D eigenvalue weighted by atomic mass is 19.1. The summed E-state index contributed by atoms with van der Waals surface area (Å²) in [6.45, 7) is 2.35. The SMILES string of the molecule is CCC(C(=O)NCCc1ccc([N+](=O)[O-])cc1)c1ccc(F)cc1. The van der Waals surface area contributed by atoms with Gasteiger partial charge in [-0.15, -0.1) is 0 Å². The molecule has 1 N–H and O–H groups in total. The number of nitro groups is 1. The Hall–Kier alpha value is -2.76. The number of hydrogen-bond donors (Lipinski definition) is 1. The Morgan fingerprint density at radius 1 is 1.17 bits per heavy atom. The van der Waals surface area contributed by atoms with E-state index < -0.39 is 4.92 Å². The average molecular weight is 330 g/mol. The second kappa shape index (κ2) is 8.19. The first-order valence-electron chi connectivity index (χ1n) is 7.77. The van der Waals surface area contributed by atoms with Crippen molar-refractivity contribution in [1.82, 2.24) is 5.32 Å². The molecule has 0 saturated heterocycles. The lowest BCUT2D eigenvalue weighted by Crippen LogP contribution is -2.30. The molecule has 6 heteroatoms. The zero-order chi connectivity index (χ0) is 17.5. The van der Waals surface area contributed by atoms with Crippen LogP contribution in [-0.4, -0.2) is 17.4 Å². The van der Waals surface area contributed by atoms with Gasteiger partial charge in [-0.3, -0.25) is 14.9 Å². The van der Waals surface area contributed by atoms with Crippen molar-refractivity contribution in [3.63, 3.8) is 0 Å². The standard InChI is InChI=1S/C18H19FN2O3/c1-2-17(14-5-7-15(19)8-6-14)18(22)20-12-11-13-3-9-16(10-4-13)21(23)24/h3-10,17H,2,11-12H2,1H3,(H,20,22). The van der Waals surface area contributed by atoms with Crippen molar-refractivity contribution in [3.05, 3.63) is 75.6 Å². The Labute approximate surface area is 139 Å². The van der Waals surface area contributed by atoms with Crippen LogP contribution in [-0.2, 0) is 11.2 Å². The Bertz CT molecular complexity index is 699. The molecule has 0 aliphatic carbocycles. The number of nitro benzene ring substituents is 1. The van der Waals surface area contributed by atoms with Crippen LogP contribution in [0.2, 0.25) is 0 Å². The molecule has 2 rings (SSSR count). The lowest BCUT2D eigenvalue weighted by Gasteiger charge is -2.15.